The molecule has 1 aliphatic carbocycles. The van der Waals surface area contributed by atoms with E-state index in [1.807, 2.05) is 37.3 Å². The van der Waals surface area contributed by atoms with Gasteiger partial charge in [-0.15, -0.1) is 0 Å². The van der Waals surface area contributed by atoms with Crippen LogP contribution < -0.4 is 5.32 Å². The van der Waals surface area contributed by atoms with Gasteiger partial charge in [-0.1, -0.05) is 30.3 Å². The van der Waals surface area contributed by atoms with E-state index in [-0.39, 0.29) is 24.7 Å². The number of carbonyl (C=O) groups excluding carboxylic acids is 1. The fourth-order valence-corrected chi connectivity index (χ4v) is 1.99. The van der Waals surface area contributed by atoms with Crippen molar-refractivity contribution in [2.45, 2.75) is 31.8 Å². The number of carbonyl (C=O) groups is 2. The van der Waals surface area contributed by atoms with Crippen molar-refractivity contribution in [1.82, 2.24) is 10.2 Å². The fraction of sp³-hybridized carbons (Fsp3) is 0.429. The Hall–Kier alpha value is -2.04. The third-order valence-electron chi connectivity index (χ3n) is 3.19. The van der Waals surface area contributed by atoms with Crippen molar-refractivity contribution in [3.05, 3.63) is 35.9 Å². The highest BCUT2D eigenvalue weighted by Gasteiger charge is 2.34. The first-order valence-corrected chi connectivity index (χ1v) is 6.42. The van der Waals surface area contributed by atoms with E-state index in [0.29, 0.717) is 0 Å². The van der Waals surface area contributed by atoms with Crippen LogP contribution in [0.3, 0.4) is 0 Å². The van der Waals surface area contributed by atoms with Crippen LogP contribution in [0.1, 0.15) is 31.4 Å². The first kappa shape index (κ1) is 13.4. The van der Waals surface area contributed by atoms with E-state index in [1.165, 1.54) is 4.90 Å². The van der Waals surface area contributed by atoms with Gasteiger partial charge in [0, 0.05) is 6.04 Å². The molecule has 1 aliphatic rings. The number of benzene rings is 1. The number of nitrogens with zero attached hydrogens (tertiary/aromatic N) is 1. The van der Waals surface area contributed by atoms with Gasteiger partial charge in [0.15, 0.2) is 0 Å². The maximum atomic E-state index is 12.1. The molecular formula is C14H18N2O3. The SMILES string of the molecule is CC(NC(=O)N(CC(=O)O)C1CC1)c1ccccc1. The minimum absolute atomic E-state index is 0.0825. The number of rotatable bonds is 5. The Balaban J connectivity index is 1.97. The number of urea groups is 1. The van der Waals surface area contributed by atoms with Crippen LogP contribution in [0.15, 0.2) is 30.3 Å². The van der Waals surface area contributed by atoms with E-state index in [4.69, 9.17) is 5.11 Å². The minimum atomic E-state index is -0.977. The number of carboxylic acid groups (broad SMARTS) is 1. The fourth-order valence-electron chi connectivity index (χ4n) is 1.99. The molecule has 2 rings (SSSR count). The number of nitrogens with one attached hydrogen (secondary N) is 1. The van der Waals surface area contributed by atoms with Crippen molar-refractivity contribution in [2.75, 3.05) is 6.54 Å². The highest BCUT2D eigenvalue weighted by atomic mass is 16.4. The Morgan fingerprint density at radius 1 is 1.37 bits per heavy atom. The summed E-state index contributed by atoms with van der Waals surface area (Å²) >= 11 is 0. The minimum Gasteiger partial charge on any atom is -0.480 e. The average molecular weight is 262 g/mol. The van der Waals surface area contributed by atoms with Gasteiger partial charge < -0.3 is 15.3 Å². The molecule has 1 unspecified atom stereocenters. The molecule has 1 aromatic carbocycles. The third-order valence-corrected chi connectivity index (χ3v) is 3.19. The second-order valence-electron chi connectivity index (χ2n) is 4.83. The molecule has 0 spiro atoms. The molecule has 1 fully saturated rings. The molecule has 1 aromatic rings. The second kappa shape index (κ2) is 5.73. The molecule has 0 bridgehead atoms. The van der Waals surface area contributed by atoms with E-state index >= 15 is 0 Å². The maximum absolute atomic E-state index is 12.1. The zero-order chi connectivity index (χ0) is 13.8. The summed E-state index contributed by atoms with van der Waals surface area (Å²) in [6, 6.07) is 9.25. The first-order valence-electron chi connectivity index (χ1n) is 6.42. The van der Waals surface area contributed by atoms with Crippen LogP contribution in [0.2, 0.25) is 0 Å². The van der Waals surface area contributed by atoms with E-state index in [1.54, 1.807) is 0 Å². The monoisotopic (exact) mass is 262 g/mol. The predicted molar refractivity (Wildman–Crippen MR) is 70.8 cm³/mol. The number of hydrogen-bond donors (Lipinski definition) is 2. The molecule has 2 amide bonds. The Bertz CT molecular complexity index is 457. The zero-order valence-electron chi connectivity index (χ0n) is 10.9. The van der Waals surface area contributed by atoms with Gasteiger partial charge in [-0.25, -0.2) is 4.79 Å². The molecule has 5 heteroatoms. The Labute approximate surface area is 112 Å². The topological polar surface area (TPSA) is 69.6 Å². The van der Waals surface area contributed by atoms with Crippen LogP contribution in [-0.2, 0) is 4.79 Å². The number of hydrogen-bond acceptors (Lipinski definition) is 2. The lowest BCUT2D eigenvalue weighted by molar-refractivity contribution is -0.137. The van der Waals surface area contributed by atoms with Gasteiger partial charge in [-0.3, -0.25) is 4.79 Å². The molecule has 0 aliphatic heterocycles. The highest BCUT2D eigenvalue weighted by molar-refractivity contribution is 5.81. The number of carboxylic acids is 1. The van der Waals surface area contributed by atoms with Gasteiger partial charge >= 0.3 is 12.0 Å². The second-order valence-corrected chi connectivity index (χ2v) is 4.83. The number of aliphatic carboxylic acids is 1. The lowest BCUT2D eigenvalue weighted by Crippen LogP contribution is -2.44. The van der Waals surface area contributed by atoms with Crippen LogP contribution in [0.4, 0.5) is 4.79 Å². The van der Waals surface area contributed by atoms with E-state index in [0.717, 1.165) is 18.4 Å². The summed E-state index contributed by atoms with van der Waals surface area (Å²) in [4.78, 5) is 24.3. The van der Waals surface area contributed by atoms with Crippen molar-refractivity contribution in [1.29, 1.82) is 0 Å². The van der Waals surface area contributed by atoms with Gasteiger partial charge in [-0.05, 0) is 25.3 Å². The molecule has 0 aromatic heterocycles. The lowest BCUT2D eigenvalue weighted by atomic mass is 10.1. The molecule has 1 atom stereocenters. The predicted octanol–water partition coefficient (Wildman–Crippen LogP) is 2.01. The maximum Gasteiger partial charge on any atom is 0.323 e. The van der Waals surface area contributed by atoms with Crippen molar-refractivity contribution >= 4 is 12.0 Å². The quantitative estimate of drug-likeness (QED) is 0.852. The lowest BCUT2D eigenvalue weighted by Gasteiger charge is -2.23. The van der Waals surface area contributed by atoms with Crippen molar-refractivity contribution in [2.24, 2.45) is 0 Å². The van der Waals surface area contributed by atoms with Gasteiger partial charge in [0.1, 0.15) is 6.54 Å². The molecular weight excluding hydrogens is 244 g/mol. The Morgan fingerprint density at radius 3 is 2.53 bits per heavy atom. The summed E-state index contributed by atoms with van der Waals surface area (Å²) in [5.74, 6) is -0.977. The van der Waals surface area contributed by atoms with Crippen LogP contribution in [0, 0.1) is 0 Å². The van der Waals surface area contributed by atoms with E-state index in [9.17, 15) is 9.59 Å². The summed E-state index contributed by atoms with van der Waals surface area (Å²) in [6.45, 7) is 1.65. The number of amides is 2. The van der Waals surface area contributed by atoms with E-state index in [2.05, 4.69) is 5.32 Å². The third kappa shape index (κ3) is 3.71. The standard InChI is InChI=1S/C14H18N2O3/c1-10(11-5-3-2-4-6-11)15-14(19)16(9-13(17)18)12-7-8-12/h2-6,10,12H,7-9H2,1H3,(H,15,19)(H,17,18). The smallest absolute Gasteiger partial charge is 0.323 e. The molecule has 1 saturated carbocycles. The van der Waals surface area contributed by atoms with Gasteiger partial charge in [0.05, 0.1) is 6.04 Å². The van der Waals surface area contributed by atoms with Gasteiger partial charge in [0.2, 0.25) is 0 Å². The highest BCUT2D eigenvalue weighted by Crippen LogP contribution is 2.27. The summed E-state index contributed by atoms with van der Waals surface area (Å²) in [6.07, 6.45) is 1.78. The Kier molecular flexibility index (Phi) is 4.04. The molecule has 5 nitrogen and oxygen atoms in total. The zero-order valence-corrected chi connectivity index (χ0v) is 10.9. The Morgan fingerprint density at radius 2 is 2.00 bits per heavy atom. The molecule has 0 radical (unpaired) electrons. The van der Waals surface area contributed by atoms with Crippen LogP contribution in [-0.4, -0.2) is 34.6 Å². The molecule has 0 saturated heterocycles. The normalized spacial score (nSPS) is 15.6. The largest absolute Gasteiger partial charge is 0.480 e. The van der Waals surface area contributed by atoms with E-state index < -0.39 is 5.97 Å². The van der Waals surface area contributed by atoms with Crippen LogP contribution in [0.25, 0.3) is 0 Å². The molecule has 102 valence electrons. The molecule has 19 heavy (non-hydrogen) atoms. The first-order chi connectivity index (χ1) is 9.08. The summed E-state index contributed by atoms with van der Waals surface area (Å²) < 4.78 is 0. The summed E-state index contributed by atoms with van der Waals surface area (Å²) in [5, 5.41) is 11.7. The van der Waals surface area contributed by atoms with Crippen molar-refractivity contribution in [3.8, 4) is 0 Å². The molecule has 0 heterocycles. The van der Waals surface area contributed by atoms with Gasteiger partial charge in [-0.2, -0.15) is 0 Å². The van der Waals surface area contributed by atoms with Crippen LogP contribution >= 0.6 is 0 Å². The van der Waals surface area contributed by atoms with Crippen LogP contribution in [0.5, 0.6) is 0 Å². The summed E-state index contributed by atoms with van der Waals surface area (Å²) in [5.41, 5.74) is 1.00. The average Bonchev–Trinajstić information content (AvgIpc) is 3.21. The van der Waals surface area contributed by atoms with Gasteiger partial charge in [0.25, 0.3) is 0 Å². The summed E-state index contributed by atoms with van der Waals surface area (Å²) in [7, 11) is 0. The molecule has 2 N–H and O–H groups in total. The van der Waals surface area contributed by atoms with Crippen molar-refractivity contribution < 1.29 is 14.7 Å². The van der Waals surface area contributed by atoms with Crippen molar-refractivity contribution in [3.63, 3.8) is 0 Å².